The number of urea groups is 1. The third-order valence-corrected chi connectivity index (χ3v) is 2.65. The van der Waals surface area contributed by atoms with Crippen LogP contribution in [-0.2, 0) is 6.54 Å². The topological polar surface area (TPSA) is 50.4 Å². The minimum Gasteiger partial charge on any atom is -0.497 e. The lowest BCUT2D eigenvalue weighted by Crippen LogP contribution is -2.35. The lowest BCUT2D eigenvalue weighted by Gasteiger charge is -2.08. The van der Waals surface area contributed by atoms with Gasteiger partial charge in [0.15, 0.2) is 0 Å². The Balaban J connectivity index is 2.24. The molecule has 0 saturated carbocycles. The molecule has 2 N–H and O–H groups in total. The Bertz CT molecular complexity index is 367. The van der Waals surface area contributed by atoms with E-state index in [0.717, 1.165) is 37.1 Å². The van der Waals surface area contributed by atoms with Crippen molar-refractivity contribution in [2.24, 2.45) is 0 Å². The van der Waals surface area contributed by atoms with Crippen LogP contribution in [0, 0.1) is 0 Å². The number of hydrogen-bond donors (Lipinski definition) is 2. The van der Waals surface area contributed by atoms with Gasteiger partial charge in [-0.05, 0) is 24.1 Å². The summed E-state index contributed by atoms with van der Waals surface area (Å²) in [4.78, 5) is 11.5. The number of hydrogen-bond acceptors (Lipinski definition) is 2. The first-order valence-electron chi connectivity index (χ1n) is 6.41. The predicted octanol–water partition coefficient (Wildman–Crippen LogP) is 2.68. The van der Waals surface area contributed by atoms with Gasteiger partial charge in [-0.3, -0.25) is 0 Å². The van der Waals surface area contributed by atoms with Crippen molar-refractivity contribution in [3.05, 3.63) is 29.8 Å². The highest BCUT2D eigenvalue weighted by molar-refractivity contribution is 5.73. The van der Waals surface area contributed by atoms with Crippen molar-refractivity contribution in [3.8, 4) is 5.75 Å². The number of carbonyl (C=O) groups excluding carboxylic acids is 1. The molecule has 0 atom stereocenters. The van der Waals surface area contributed by atoms with Crippen molar-refractivity contribution in [2.45, 2.75) is 32.7 Å². The Morgan fingerprint density at radius 1 is 1.28 bits per heavy atom. The zero-order valence-electron chi connectivity index (χ0n) is 11.2. The first-order valence-corrected chi connectivity index (χ1v) is 6.41. The van der Waals surface area contributed by atoms with Gasteiger partial charge in [0.25, 0.3) is 0 Å². The number of nitrogens with one attached hydrogen (secondary N) is 2. The van der Waals surface area contributed by atoms with Crippen molar-refractivity contribution >= 4 is 6.03 Å². The summed E-state index contributed by atoms with van der Waals surface area (Å²) in [5.74, 6) is 0.803. The van der Waals surface area contributed by atoms with Gasteiger partial charge in [0.1, 0.15) is 5.75 Å². The zero-order valence-corrected chi connectivity index (χ0v) is 11.2. The highest BCUT2D eigenvalue weighted by Gasteiger charge is 2.00. The van der Waals surface area contributed by atoms with Crippen LogP contribution in [-0.4, -0.2) is 19.7 Å². The lowest BCUT2D eigenvalue weighted by atomic mass is 10.2. The summed E-state index contributed by atoms with van der Waals surface area (Å²) < 4.78 is 5.13. The van der Waals surface area contributed by atoms with E-state index < -0.39 is 0 Å². The number of unbranched alkanes of at least 4 members (excludes halogenated alkanes) is 2. The van der Waals surface area contributed by atoms with Crippen LogP contribution < -0.4 is 15.4 Å². The molecule has 0 spiro atoms. The van der Waals surface area contributed by atoms with Gasteiger partial charge in [-0.1, -0.05) is 31.9 Å². The van der Waals surface area contributed by atoms with Crippen LogP contribution in [0.4, 0.5) is 4.79 Å². The molecule has 0 aromatic heterocycles. The Morgan fingerprint density at radius 3 is 2.83 bits per heavy atom. The molecule has 1 aromatic rings. The molecule has 18 heavy (non-hydrogen) atoms. The largest absolute Gasteiger partial charge is 0.497 e. The molecule has 0 aliphatic heterocycles. The maximum absolute atomic E-state index is 11.5. The van der Waals surface area contributed by atoms with E-state index >= 15 is 0 Å². The second kappa shape index (κ2) is 8.39. The number of carbonyl (C=O) groups is 1. The van der Waals surface area contributed by atoms with Crippen molar-refractivity contribution < 1.29 is 9.53 Å². The summed E-state index contributed by atoms with van der Waals surface area (Å²) >= 11 is 0. The third kappa shape index (κ3) is 5.57. The quantitative estimate of drug-likeness (QED) is 0.731. The van der Waals surface area contributed by atoms with E-state index in [1.165, 1.54) is 0 Å². The predicted molar refractivity (Wildman–Crippen MR) is 72.8 cm³/mol. The Labute approximate surface area is 109 Å². The highest BCUT2D eigenvalue weighted by Crippen LogP contribution is 2.11. The van der Waals surface area contributed by atoms with E-state index in [-0.39, 0.29) is 6.03 Å². The van der Waals surface area contributed by atoms with Crippen LogP contribution >= 0.6 is 0 Å². The van der Waals surface area contributed by atoms with Crippen molar-refractivity contribution in [1.82, 2.24) is 10.6 Å². The second-order valence-corrected chi connectivity index (χ2v) is 4.17. The van der Waals surface area contributed by atoms with E-state index in [0.29, 0.717) is 6.54 Å². The van der Waals surface area contributed by atoms with E-state index in [1.807, 2.05) is 24.3 Å². The summed E-state index contributed by atoms with van der Waals surface area (Å²) in [5, 5.41) is 5.66. The van der Waals surface area contributed by atoms with E-state index in [1.54, 1.807) is 7.11 Å². The molecule has 100 valence electrons. The summed E-state index contributed by atoms with van der Waals surface area (Å²) in [6, 6.07) is 7.55. The Kier molecular flexibility index (Phi) is 6.69. The molecule has 0 heterocycles. The molecule has 4 heteroatoms. The maximum atomic E-state index is 11.5. The first-order chi connectivity index (χ1) is 8.76. The van der Waals surface area contributed by atoms with Crippen LogP contribution in [0.15, 0.2) is 24.3 Å². The van der Waals surface area contributed by atoms with Crippen LogP contribution in [0.1, 0.15) is 31.7 Å². The summed E-state index contributed by atoms with van der Waals surface area (Å²) in [5.41, 5.74) is 1.03. The van der Waals surface area contributed by atoms with Gasteiger partial charge in [0, 0.05) is 13.1 Å². The number of methoxy groups -OCH3 is 1. The number of ether oxygens (including phenoxy) is 1. The summed E-state index contributed by atoms with van der Waals surface area (Å²) in [6.07, 6.45) is 3.34. The molecule has 0 unspecified atom stereocenters. The lowest BCUT2D eigenvalue weighted by molar-refractivity contribution is 0.240. The van der Waals surface area contributed by atoms with Crippen molar-refractivity contribution in [3.63, 3.8) is 0 Å². The summed E-state index contributed by atoms with van der Waals surface area (Å²) in [6.45, 7) is 3.39. The van der Waals surface area contributed by atoms with Crippen molar-refractivity contribution in [1.29, 1.82) is 0 Å². The summed E-state index contributed by atoms with van der Waals surface area (Å²) in [7, 11) is 1.63. The van der Waals surface area contributed by atoms with Gasteiger partial charge < -0.3 is 15.4 Å². The molecule has 1 aromatic carbocycles. The minimum atomic E-state index is -0.117. The number of benzene rings is 1. The van der Waals surface area contributed by atoms with Crippen LogP contribution in [0.25, 0.3) is 0 Å². The number of rotatable bonds is 7. The average molecular weight is 250 g/mol. The van der Waals surface area contributed by atoms with Gasteiger partial charge in [-0.2, -0.15) is 0 Å². The van der Waals surface area contributed by atoms with Gasteiger partial charge >= 0.3 is 6.03 Å². The third-order valence-electron chi connectivity index (χ3n) is 2.65. The molecule has 0 bridgehead atoms. The minimum absolute atomic E-state index is 0.117. The molecule has 0 fully saturated rings. The van der Waals surface area contributed by atoms with E-state index in [9.17, 15) is 4.79 Å². The molecule has 0 aliphatic rings. The normalized spacial score (nSPS) is 9.89. The van der Waals surface area contributed by atoms with Crippen LogP contribution in [0.5, 0.6) is 5.75 Å². The van der Waals surface area contributed by atoms with E-state index in [2.05, 4.69) is 17.6 Å². The van der Waals surface area contributed by atoms with Gasteiger partial charge in [0.05, 0.1) is 7.11 Å². The molecular weight excluding hydrogens is 228 g/mol. The number of amides is 2. The molecular formula is C14H22N2O2. The average Bonchev–Trinajstić information content (AvgIpc) is 2.41. The molecule has 4 nitrogen and oxygen atoms in total. The fourth-order valence-corrected chi connectivity index (χ4v) is 1.60. The smallest absolute Gasteiger partial charge is 0.315 e. The van der Waals surface area contributed by atoms with E-state index in [4.69, 9.17) is 4.74 Å². The second-order valence-electron chi connectivity index (χ2n) is 4.17. The first kappa shape index (κ1) is 14.4. The van der Waals surface area contributed by atoms with Crippen LogP contribution in [0.2, 0.25) is 0 Å². The van der Waals surface area contributed by atoms with Crippen LogP contribution in [0.3, 0.4) is 0 Å². The van der Waals surface area contributed by atoms with Gasteiger partial charge in [-0.25, -0.2) is 4.79 Å². The molecule has 0 radical (unpaired) electrons. The molecule has 2 amide bonds. The fourth-order valence-electron chi connectivity index (χ4n) is 1.60. The molecule has 1 rings (SSSR count). The standard InChI is InChI=1S/C14H22N2O2/c1-3-4-5-9-15-14(17)16-11-12-7-6-8-13(10-12)18-2/h6-8,10H,3-5,9,11H2,1-2H3,(H2,15,16,17). The Hall–Kier alpha value is -1.71. The van der Waals surface area contributed by atoms with Crippen molar-refractivity contribution in [2.75, 3.05) is 13.7 Å². The maximum Gasteiger partial charge on any atom is 0.315 e. The van der Waals surface area contributed by atoms with Gasteiger partial charge in [0.2, 0.25) is 0 Å². The monoisotopic (exact) mass is 250 g/mol. The van der Waals surface area contributed by atoms with Gasteiger partial charge in [-0.15, -0.1) is 0 Å². The molecule has 0 saturated heterocycles. The fraction of sp³-hybridized carbons (Fsp3) is 0.500. The SMILES string of the molecule is CCCCCNC(=O)NCc1cccc(OC)c1. The highest BCUT2D eigenvalue weighted by atomic mass is 16.5. The Morgan fingerprint density at radius 2 is 2.11 bits per heavy atom. The zero-order chi connectivity index (χ0) is 13.2. The molecule has 0 aliphatic carbocycles.